The first-order valence-electron chi connectivity index (χ1n) is 5.74. The highest BCUT2D eigenvalue weighted by Gasteiger charge is 2.17. The Hall–Kier alpha value is -1.69. The number of ether oxygens (including phenoxy) is 1. The Bertz CT molecular complexity index is 434. The van der Waals surface area contributed by atoms with Gasteiger partial charge in [0.25, 0.3) is 0 Å². The van der Waals surface area contributed by atoms with Crippen LogP contribution in [-0.4, -0.2) is 25.8 Å². The van der Waals surface area contributed by atoms with Gasteiger partial charge in [-0.25, -0.2) is 13.6 Å². The van der Waals surface area contributed by atoms with Crippen LogP contribution in [0.1, 0.15) is 6.42 Å². The normalized spacial score (nSPS) is 18.7. The second kappa shape index (κ2) is 5.77. The molecule has 98 valence electrons. The highest BCUT2D eigenvalue weighted by molar-refractivity contribution is 5.84. The van der Waals surface area contributed by atoms with Crippen LogP contribution in [0.3, 0.4) is 0 Å². The van der Waals surface area contributed by atoms with Crippen LogP contribution in [0.15, 0.2) is 18.2 Å². The fourth-order valence-electron chi connectivity index (χ4n) is 1.79. The molecule has 1 aromatic rings. The number of anilines is 1. The van der Waals surface area contributed by atoms with Crippen molar-refractivity contribution in [1.29, 1.82) is 0 Å². The van der Waals surface area contributed by atoms with Gasteiger partial charge in [0.15, 0.2) is 0 Å². The first-order chi connectivity index (χ1) is 8.65. The molecule has 1 saturated heterocycles. The van der Waals surface area contributed by atoms with E-state index in [-0.39, 0.29) is 5.69 Å². The monoisotopic (exact) mass is 256 g/mol. The summed E-state index contributed by atoms with van der Waals surface area (Å²) >= 11 is 0. The molecule has 0 aliphatic carbocycles. The largest absolute Gasteiger partial charge is 0.449 e. The van der Waals surface area contributed by atoms with Crippen molar-refractivity contribution in [1.82, 2.24) is 5.32 Å². The molecule has 1 unspecified atom stereocenters. The summed E-state index contributed by atoms with van der Waals surface area (Å²) in [6.45, 7) is 2.03. The van der Waals surface area contributed by atoms with Crippen molar-refractivity contribution < 1.29 is 18.3 Å². The minimum atomic E-state index is -0.825. The number of amides is 1. The van der Waals surface area contributed by atoms with Crippen molar-refractivity contribution in [2.24, 2.45) is 5.92 Å². The topological polar surface area (TPSA) is 50.4 Å². The van der Waals surface area contributed by atoms with E-state index in [4.69, 9.17) is 4.74 Å². The van der Waals surface area contributed by atoms with Crippen molar-refractivity contribution in [2.75, 3.05) is 25.0 Å². The van der Waals surface area contributed by atoms with Gasteiger partial charge in [0, 0.05) is 18.5 Å². The van der Waals surface area contributed by atoms with Crippen molar-refractivity contribution >= 4 is 11.8 Å². The highest BCUT2D eigenvalue weighted by Crippen LogP contribution is 2.15. The number of hydrogen-bond donors (Lipinski definition) is 2. The number of carbonyl (C=O) groups excluding carboxylic acids is 1. The molecule has 6 heteroatoms. The maximum atomic E-state index is 13.2. The van der Waals surface area contributed by atoms with Crippen molar-refractivity contribution in [3.05, 3.63) is 29.8 Å². The van der Waals surface area contributed by atoms with Crippen LogP contribution < -0.4 is 10.6 Å². The zero-order chi connectivity index (χ0) is 13.0. The minimum Gasteiger partial charge on any atom is -0.449 e. The molecule has 1 aliphatic rings. The van der Waals surface area contributed by atoms with Gasteiger partial charge in [-0.3, -0.25) is 5.32 Å². The van der Waals surface area contributed by atoms with Crippen molar-refractivity contribution in [3.63, 3.8) is 0 Å². The maximum absolute atomic E-state index is 13.2. The number of nitrogens with one attached hydrogen (secondary N) is 2. The molecule has 0 radical (unpaired) electrons. The van der Waals surface area contributed by atoms with Crippen molar-refractivity contribution in [3.8, 4) is 0 Å². The maximum Gasteiger partial charge on any atom is 0.411 e. The molecule has 1 amide bonds. The first-order valence-corrected chi connectivity index (χ1v) is 5.74. The average molecular weight is 256 g/mol. The molecule has 18 heavy (non-hydrogen) atoms. The number of carbonyl (C=O) groups is 1. The second-order valence-corrected chi connectivity index (χ2v) is 4.21. The van der Waals surface area contributed by atoms with Gasteiger partial charge in [0.05, 0.1) is 12.3 Å². The SMILES string of the molecule is O=C(Nc1ccc(F)cc1F)OCC1CCNC1. The van der Waals surface area contributed by atoms with E-state index in [9.17, 15) is 13.6 Å². The van der Waals surface area contributed by atoms with E-state index in [0.29, 0.717) is 18.6 Å². The summed E-state index contributed by atoms with van der Waals surface area (Å²) in [6, 6.07) is 2.93. The van der Waals surface area contributed by atoms with Gasteiger partial charge in [-0.15, -0.1) is 0 Å². The smallest absolute Gasteiger partial charge is 0.411 e. The molecule has 2 rings (SSSR count). The second-order valence-electron chi connectivity index (χ2n) is 4.21. The predicted octanol–water partition coefficient (Wildman–Crippen LogP) is 2.12. The van der Waals surface area contributed by atoms with Crippen LogP contribution in [0.25, 0.3) is 0 Å². The molecule has 4 nitrogen and oxygen atoms in total. The van der Waals surface area contributed by atoms with E-state index >= 15 is 0 Å². The Balaban J connectivity index is 1.82. The van der Waals surface area contributed by atoms with Gasteiger partial charge >= 0.3 is 6.09 Å². The summed E-state index contributed by atoms with van der Waals surface area (Å²) in [7, 11) is 0. The summed E-state index contributed by atoms with van der Waals surface area (Å²) < 4.78 is 30.8. The quantitative estimate of drug-likeness (QED) is 0.871. The molecule has 2 N–H and O–H groups in total. The molecular weight excluding hydrogens is 242 g/mol. The molecule has 1 atom stereocenters. The highest BCUT2D eigenvalue weighted by atomic mass is 19.1. The lowest BCUT2D eigenvalue weighted by atomic mass is 10.1. The van der Waals surface area contributed by atoms with Crippen LogP contribution in [0.4, 0.5) is 19.3 Å². The summed E-state index contributed by atoms with van der Waals surface area (Å²) in [4.78, 5) is 11.4. The Morgan fingerprint density at radius 1 is 1.50 bits per heavy atom. The Morgan fingerprint density at radius 2 is 2.33 bits per heavy atom. The first kappa shape index (κ1) is 12.8. The third-order valence-electron chi connectivity index (χ3n) is 2.78. The lowest BCUT2D eigenvalue weighted by Gasteiger charge is -2.10. The van der Waals surface area contributed by atoms with E-state index in [2.05, 4.69) is 10.6 Å². The summed E-state index contributed by atoms with van der Waals surface area (Å²) in [5, 5.41) is 5.39. The Morgan fingerprint density at radius 3 is 3.00 bits per heavy atom. The Labute approximate surface area is 103 Å². The van der Waals surface area contributed by atoms with E-state index in [1.165, 1.54) is 0 Å². The van der Waals surface area contributed by atoms with Gasteiger partial charge in [-0.2, -0.15) is 0 Å². The molecule has 1 aromatic carbocycles. The number of hydrogen-bond acceptors (Lipinski definition) is 3. The minimum absolute atomic E-state index is 0.0917. The molecule has 0 aromatic heterocycles. The lowest BCUT2D eigenvalue weighted by molar-refractivity contribution is 0.144. The zero-order valence-electron chi connectivity index (χ0n) is 9.71. The third-order valence-corrected chi connectivity index (χ3v) is 2.78. The average Bonchev–Trinajstić information content (AvgIpc) is 2.83. The molecular formula is C12H14F2N2O2. The summed E-state index contributed by atoms with van der Waals surface area (Å²) in [6.07, 6.45) is 0.227. The van der Waals surface area contributed by atoms with Gasteiger partial charge in [-0.05, 0) is 25.1 Å². The molecule has 1 fully saturated rings. The van der Waals surface area contributed by atoms with Crippen LogP contribution in [0, 0.1) is 17.6 Å². The van der Waals surface area contributed by atoms with Crippen LogP contribution >= 0.6 is 0 Å². The van der Waals surface area contributed by atoms with Gasteiger partial charge in [0.2, 0.25) is 0 Å². The Kier molecular flexibility index (Phi) is 4.09. The molecule has 1 aliphatic heterocycles. The van der Waals surface area contributed by atoms with E-state index < -0.39 is 17.7 Å². The summed E-state index contributed by atoms with van der Waals surface area (Å²) in [5.74, 6) is -1.22. The van der Waals surface area contributed by atoms with Gasteiger partial charge in [0.1, 0.15) is 11.6 Å². The number of halogens is 2. The predicted molar refractivity (Wildman–Crippen MR) is 62.3 cm³/mol. The fourth-order valence-corrected chi connectivity index (χ4v) is 1.79. The van der Waals surface area contributed by atoms with Gasteiger partial charge < -0.3 is 10.1 Å². The molecule has 1 heterocycles. The van der Waals surface area contributed by atoms with E-state index in [0.717, 1.165) is 31.6 Å². The zero-order valence-corrected chi connectivity index (χ0v) is 9.71. The third kappa shape index (κ3) is 3.40. The lowest BCUT2D eigenvalue weighted by Crippen LogP contribution is -2.20. The van der Waals surface area contributed by atoms with Crippen molar-refractivity contribution in [2.45, 2.75) is 6.42 Å². The number of rotatable bonds is 3. The molecule has 0 saturated carbocycles. The summed E-state index contributed by atoms with van der Waals surface area (Å²) in [5.41, 5.74) is -0.0917. The standard InChI is InChI=1S/C12H14F2N2O2/c13-9-1-2-11(10(14)5-9)16-12(17)18-7-8-3-4-15-6-8/h1-2,5,8,15H,3-4,6-7H2,(H,16,17). The fraction of sp³-hybridized carbons (Fsp3) is 0.417. The molecule has 0 bridgehead atoms. The van der Waals surface area contributed by atoms with E-state index in [1.54, 1.807) is 0 Å². The van der Waals surface area contributed by atoms with Crippen LogP contribution in [0.5, 0.6) is 0 Å². The van der Waals surface area contributed by atoms with Crippen LogP contribution in [-0.2, 0) is 4.74 Å². The van der Waals surface area contributed by atoms with E-state index in [1.807, 2.05) is 0 Å². The van der Waals surface area contributed by atoms with Gasteiger partial charge in [-0.1, -0.05) is 0 Å². The van der Waals surface area contributed by atoms with Crippen LogP contribution in [0.2, 0.25) is 0 Å². The number of benzene rings is 1. The molecule has 0 spiro atoms.